The van der Waals surface area contributed by atoms with E-state index in [0.29, 0.717) is 11.3 Å². The number of fused-ring (bicyclic) bond motifs is 1. The molecular weight excluding hydrogens is 462 g/mol. The van der Waals surface area contributed by atoms with Crippen molar-refractivity contribution in [2.45, 2.75) is 51.7 Å². The molecule has 3 aromatic rings. The van der Waals surface area contributed by atoms with Gasteiger partial charge in [-0.05, 0) is 75.4 Å². The van der Waals surface area contributed by atoms with Gasteiger partial charge in [0.05, 0.1) is 16.8 Å². The van der Waals surface area contributed by atoms with Gasteiger partial charge in [0.1, 0.15) is 11.7 Å². The molecule has 4 rings (SSSR count). The van der Waals surface area contributed by atoms with Crippen LogP contribution in [0.2, 0.25) is 0 Å². The molecule has 1 aliphatic rings. The minimum atomic E-state index is -3.25. The lowest BCUT2D eigenvalue weighted by atomic mass is 9.92. The Bertz CT molecular complexity index is 1450. The lowest BCUT2D eigenvalue weighted by Gasteiger charge is -2.30. The molecule has 1 aliphatic carbocycles. The normalized spacial score (nSPS) is 14.6. The number of carbonyl (C=O) groups is 1. The van der Waals surface area contributed by atoms with E-state index in [4.69, 9.17) is 4.74 Å². The predicted molar refractivity (Wildman–Crippen MR) is 139 cm³/mol. The highest BCUT2D eigenvalue weighted by molar-refractivity contribution is 7.93. The molecule has 1 heterocycles. The second-order valence-electron chi connectivity index (χ2n) is 9.90. The number of rotatable bonds is 5. The third-order valence-corrected chi connectivity index (χ3v) is 6.52. The number of benzene rings is 2. The molecule has 1 fully saturated rings. The number of nitriles is 1. The van der Waals surface area contributed by atoms with Crippen LogP contribution in [0.25, 0.3) is 28.2 Å². The van der Waals surface area contributed by atoms with E-state index in [1.165, 1.54) is 5.41 Å². The van der Waals surface area contributed by atoms with Gasteiger partial charge in [0.25, 0.3) is 0 Å². The van der Waals surface area contributed by atoms with Crippen molar-refractivity contribution in [1.82, 2.24) is 4.57 Å². The van der Waals surface area contributed by atoms with Crippen LogP contribution in [0.3, 0.4) is 0 Å². The number of aromatic nitrogens is 1. The Morgan fingerprint density at radius 3 is 2.40 bits per heavy atom. The van der Waals surface area contributed by atoms with E-state index in [1.807, 2.05) is 30.3 Å². The Morgan fingerprint density at radius 1 is 1.17 bits per heavy atom. The Labute approximate surface area is 205 Å². The fourth-order valence-electron chi connectivity index (χ4n) is 4.19. The summed E-state index contributed by atoms with van der Waals surface area (Å²) in [6.07, 6.45) is 5.37. The molecule has 0 bridgehead atoms. The number of anilines is 1. The first-order valence-corrected chi connectivity index (χ1v) is 13.5. The van der Waals surface area contributed by atoms with Crippen LogP contribution in [-0.2, 0) is 14.6 Å². The number of carbonyl (C=O) groups excluding carboxylic acids is 1. The second-order valence-corrected chi connectivity index (χ2v) is 11.8. The van der Waals surface area contributed by atoms with Gasteiger partial charge in [-0.1, -0.05) is 24.3 Å². The third-order valence-electron chi connectivity index (χ3n) is 5.89. The van der Waals surface area contributed by atoms with Crippen LogP contribution in [0.5, 0.6) is 0 Å². The average molecular weight is 492 g/mol. The quantitative estimate of drug-likeness (QED) is 0.453. The molecule has 1 amide bonds. The SMILES string of the molecule is CC(C)(C)OC(=O)Nc1ccc(-c2c(C#N)c3ccc(C=CS(C)(=O)=O)cc3n2C2CCC2)cc1. The first-order valence-electron chi connectivity index (χ1n) is 11.5. The number of hydrogen-bond donors (Lipinski definition) is 1. The predicted octanol–water partition coefficient (Wildman–Crippen LogP) is 6.27. The largest absolute Gasteiger partial charge is 0.444 e. The van der Waals surface area contributed by atoms with E-state index in [1.54, 1.807) is 39.0 Å². The van der Waals surface area contributed by atoms with Gasteiger partial charge in [0.15, 0.2) is 9.84 Å². The van der Waals surface area contributed by atoms with E-state index < -0.39 is 21.5 Å². The first-order chi connectivity index (χ1) is 16.4. The number of sulfone groups is 1. The molecule has 0 radical (unpaired) electrons. The monoisotopic (exact) mass is 491 g/mol. The maximum Gasteiger partial charge on any atom is 0.412 e. The van der Waals surface area contributed by atoms with Crippen molar-refractivity contribution in [2.24, 2.45) is 0 Å². The van der Waals surface area contributed by atoms with Crippen molar-refractivity contribution in [3.8, 4) is 17.3 Å². The molecule has 182 valence electrons. The minimum Gasteiger partial charge on any atom is -0.444 e. The van der Waals surface area contributed by atoms with Crippen LogP contribution in [-0.4, -0.2) is 30.9 Å². The van der Waals surface area contributed by atoms with E-state index in [9.17, 15) is 18.5 Å². The maximum absolute atomic E-state index is 12.1. The molecule has 7 nitrogen and oxygen atoms in total. The zero-order chi connectivity index (χ0) is 25.4. The topological polar surface area (TPSA) is 101 Å². The van der Waals surface area contributed by atoms with Gasteiger partial charge in [-0.15, -0.1) is 0 Å². The summed E-state index contributed by atoms with van der Waals surface area (Å²) in [6.45, 7) is 5.42. The molecule has 35 heavy (non-hydrogen) atoms. The highest BCUT2D eigenvalue weighted by Gasteiger charge is 2.28. The van der Waals surface area contributed by atoms with Crippen LogP contribution in [0.15, 0.2) is 47.9 Å². The Morgan fingerprint density at radius 2 is 1.86 bits per heavy atom. The van der Waals surface area contributed by atoms with Gasteiger partial charge >= 0.3 is 6.09 Å². The second kappa shape index (κ2) is 9.23. The fraction of sp³-hybridized carbons (Fsp3) is 0.333. The average Bonchev–Trinajstić information content (AvgIpc) is 3.03. The summed E-state index contributed by atoms with van der Waals surface area (Å²) in [5.41, 5.74) is 3.96. The standard InChI is InChI=1S/C27H29N3O4S/c1-27(2,3)34-26(31)29-20-11-9-19(10-12-20)25-23(17-28)22-13-8-18(14-15-35(4,32)33)16-24(22)30(25)21-6-5-7-21/h8-16,21H,5-7H2,1-4H3,(H,29,31). The van der Waals surface area contributed by atoms with Gasteiger partial charge in [-0.3, -0.25) is 5.32 Å². The molecule has 0 unspecified atom stereocenters. The number of amides is 1. The lowest BCUT2D eigenvalue weighted by molar-refractivity contribution is 0.0636. The molecule has 0 spiro atoms. The van der Waals surface area contributed by atoms with Gasteiger partial charge < -0.3 is 9.30 Å². The van der Waals surface area contributed by atoms with Crippen molar-refractivity contribution >= 4 is 38.6 Å². The smallest absolute Gasteiger partial charge is 0.412 e. The van der Waals surface area contributed by atoms with Crippen LogP contribution >= 0.6 is 0 Å². The number of ether oxygens (including phenoxy) is 1. The van der Waals surface area contributed by atoms with Gasteiger partial charge in [0, 0.05) is 28.8 Å². The summed E-state index contributed by atoms with van der Waals surface area (Å²) < 4.78 is 30.7. The van der Waals surface area contributed by atoms with Gasteiger partial charge in [-0.2, -0.15) is 5.26 Å². The summed E-state index contributed by atoms with van der Waals surface area (Å²) in [5.74, 6) is 0. The summed E-state index contributed by atoms with van der Waals surface area (Å²) in [4.78, 5) is 12.1. The molecule has 1 aromatic heterocycles. The van der Waals surface area contributed by atoms with Gasteiger partial charge in [0.2, 0.25) is 0 Å². The maximum atomic E-state index is 12.1. The van der Waals surface area contributed by atoms with Crippen LogP contribution < -0.4 is 5.32 Å². The van der Waals surface area contributed by atoms with Crippen molar-refractivity contribution in [2.75, 3.05) is 11.6 Å². The van der Waals surface area contributed by atoms with Crippen molar-refractivity contribution in [1.29, 1.82) is 5.26 Å². The highest BCUT2D eigenvalue weighted by Crippen LogP contribution is 2.43. The first kappa shape index (κ1) is 24.6. The number of hydrogen-bond acceptors (Lipinski definition) is 5. The molecule has 1 N–H and O–H groups in total. The van der Waals surface area contributed by atoms with E-state index in [-0.39, 0.29) is 6.04 Å². The van der Waals surface area contributed by atoms with Crippen LogP contribution in [0.4, 0.5) is 10.5 Å². The van der Waals surface area contributed by atoms with Crippen molar-refractivity contribution in [3.05, 3.63) is 59.0 Å². The fourth-order valence-corrected chi connectivity index (χ4v) is 4.59. The molecule has 2 aromatic carbocycles. The highest BCUT2D eigenvalue weighted by atomic mass is 32.2. The van der Waals surface area contributed by atoms with Crippen LogP contribution in [0.1, 0.15) is 57.2 Å². The summed E-state index contributed by atoms with van der Waals surface area (Å²) in [6, 6.07) is 15.7. The summed E-state index contributed by atoms with van der Waals surface area (Å²) >= 11 is 0. The zero-order valence-electron chi connectivity index (χ0n) is 20.3. The van der Waals surface area contributed by atoms with E-state index in [2.05, 4.69) is 16.0 Å². The minimum absolute atomic E-state index is 0.267. The Kier molecular flexibility index (Phi) is 6.48. The summed E-state index contributed by atoms with van der Waals surface area (Å²) in [5, 5.41) is 14.9. The molecular formula is C27H29N3O4S. The molecule has 0 saturated heterocycles. The van der Waals surface area contributed by atoms with Crippen molar-refractivity contribution in [3.63, 3.8) is 0 Å². The molecule has 1 saturated carbocycles. The van der Waals surface area contributed by atoms with Crippen LogP contribution in [0, 0.1) is 11.3 Å². The molecule has 8 heteroatoms. The number of nitrogens with one attached hydrogen (secondary N) is 1. The molecule has 0 atom stereocenters. The van der Waals surface area contributed by atoms with Crippen molar-refractivity contribution < 1.29 is 17.9 Å². The van der Waals surface area contributed by atoms with Gasteiger partial charge in [-0.25, -0.2) is 13.2 Å². The zero-order valence-corrected chi connectivity index (χ0v) is 21.1. The summed E-state index contributed by atoms with van der Waals surface area (Å²) in [7, 11) is -3.25. The Balaban J connectivity index is 1.77. The number of nitrogens with zero attached hydrogens (tertiary/aromatic N) is 2. The Hall–Kier alpha value is -3.57. The van der Waals surface area contributed by atoms with E-state index in [0.717, 1.165) is 53.2 Å². The third kappa shape index (κ3) is 5.57. The molecule has 0 aliphatic heterocycles. The van der Waals surface area contributed by atoms with E-state index >= 15 is 0 Å². The lowest BCUT2D eigenvalue weighted by Crippen LogP contribution is -2.27.